The summed E-state index contributed by atoms with van der Waals surface area (Å²) in [6, 6.07) is 2.39. The van der Waals surface area contributed by atoms with Crippen LogP contribution in [0.5, 0.6) is 0 Å². The number of halogens is 5. The van der Waals surface area contributed by atoms with Crippen LogP contribution in [-0.2, 0) is 0 Å². The van der Waals surface area contributed by atoms with Crippen LogP contribution >= 0.6 is 0 Å². The van der Waals surface area contributed by atoms with Gasteiger partial charge in [-0.1, -0.05) is 0 Å². The monoisotopic (exact) mass is 291 g/mol. The average molecular weight is 291 g/mol. The van der Waals surface area contributed by atoms with Crippen LogP contribution in [0.4, 0.5) is 27.6 Å². The molecule has 0 saturated heterocycles. The maximum absolute atomic E-state index is 13.5. The highest BCUT2D eigenvalue weighted by Gasteiger charge is 2.27. The fraction of sp³-hybridized carbons (Fsp3) is 0.231. The van der Waals surface area contributed by atoms with Crippen molar-refractivity contribution >= 4 is 5.69 Å². The molecule has 0 aliphatic rings. The first-order valence-electron chi connectivity index (χ1n) is 5.67. The molecule has 0 radical (unpaired) electrons. The highest BCUT2D eigenvalue weighted by atomic mass is 19.2. The Kier molecular flexibility index (Phi) is 3.69. The molecule has 108 valence electrons. The Morgan fingerprint density at radius 3 is 1.85 bits per heavy atom. The van der Waals surface area contributed by atoms with Crippen LogP contribution < -0.4 is 5.32 Å². The first-order chi connectivity index (χ1) is 9.32. The van der Waals surface area contributed by atoms with Gasteiger partial charge >= 0.3 is 0 Å². The van der Waals surface area contributed by atoms with Gasteiger partial charge in [0.1, 0.15) is 17.2 Å². The van der Waals surface area contributed by atoms with E-state index in [1.54, 1.807) is 19.1 Å². The van der Waals surface area contributed by atoms with Crippen molar-refractivity contribution < 1.29 is 26.4 Å². The Bertz CT molecular complexity index is 623. The lowest BCUT2D eigenvalue weighted by atomic mass is 10.2. The van der Waals surface area contributed by atoms with Crippen molar-refractivity contribution in [2.75, 3.05) is 5.32 Å². The molecule has 1 aromatic heterocycles. The molecule has 1 atom stereocenters. The minimum absolute atomic E-state index is 0.312. The Morgan fingerprint density at radius 2 is 1.40 bits per heavy atom. The van der Waals surface area contributed by atoms with E-state index >= 15 is 0 Å². The molecule has 2 aromatic rings. The lowest BCUT2D eigenvalue weighted by molar-refractivity contribution is 0.380. The zero-order chi connectivity index (χ0) is 15.0. The van der Waals surface area contributed by atoms with E-state index in [1.807, 2.05) is 0 Å². The number of anilines is 1. The van der Waals surface area contributed by atoms with Gasteiger partial charge in [0.25, 0.3) is 0 Å². The van der Waals surface area contributed by atoms with Gasteiger partial charge in [0.2, 0.25) is 5.82 Å². The van der Waals surface area contributed by atoms with Gasteiger partial charge in [0, 0.05) is 0 Å². The number of rotatable bonds is 3. The SMILES string of the molecule is Cc1ccc(C(C)Nc2c(F)c(F)c(F)c(F)c2F)o1. The molecule has 7 heteroatoms. The molecule has 0 bridgehead atoms. The summed E-state index contributed by atoms with van der Waals surface area (Å²) in [5.74, 6) is -9.11. The molecule has 0 aliphatic carbocycles. The minimum atomic E-state index is -2.19. The largest absolute Gasteiger partial charge is 0.464 e. The Hall–Kier alpha value is -2.05. The minimum Gasteiger partial charge on any atom is -0.464 e. The third-order valence-corrected chi connectivity index (χ3v) is 2.76. The van der Waals surface area contributed by atoms with Gasteiger partial charge in [-0.2, -0.15) is 0 Å². The van der Waals surface area contributed by atoms with Crippen molar-refractivity contribution in [3.05, 3.63) is 52.7 Å². The van der Waals surface area contributed by atoms with E-state index < -0.39 is 40.8 Å². The fourth-order valence-electron chi connectivity index (χ4n) is 1.71. The normalized spacial score (nSPS) is 12.6. The first kappa shape index (κ1) is 14.4. The molecule has 1 N–H and O–H groups in total. The van der Waals surface area contributed by atoms with Gasteiger partial charge in [-0.3, -0.25) is 0 Å². The number of hydrogen-bond acceptors (Lipinski definition) is 2. The van der Waals surface area contributed by atoms with Crippen molar-refractivity contribution in [1.82, 2.24) is 0 Å². The van der Waals surface area contributed by atoms with E-state index in [0.717, 1.165) is 0 Å². The van der Waals surface area contributed by atoms with Crippen LogP contribution in [-0.4, -0.2) is 0 Å². The second-order valence-corrected chi connectivity index (χ2v) is 4.26. The number of aryl methyl sites for hydroxylation is 1. The summed E-state index contributed by atoms with van der Waals surface area (Å²) in [6.45, 7) is 3.13. The number of benzene rings is 1. The van der Waals surface area contributed by atoms with Crippen LogP contribution in [0.2, 0.25) is 0 Å². The fourth-order valence-corrected chi connectivity index (χ4v) is 1.71. The third-order valence-electron chi connectivity index (χ3n) is 2.76. The molecule has 0 amide bonds. The summed E-state index contributed by atoms with van der Waals surface area (Å²) in [6.07, 6.45) is 0. The number of furan rings is 1. The second-order valence-electron chi connectivity index (χ2n) is 4.26. The lowest BCUT2D eigenvalue weighted by Crippen LogP contribution is -2.13. The van der Waals surface area contributed by atoms with E-state index in [9.17, 15) is 22.0 Å². The molecule has 20 heavy (non-hydrogen) atoms. The summed E-state index contributed by atoms with van der Waals surface area (Å²) in [7, 11) is 0. The second kappa shape index (κ2) is 5.15. The maximum atomic E-state index is 13.5. The zero-order valence-corrected chi connectivity index (χ0v) is 10.5. The molecule has 0 fully saturated rings. The van der Waals surface area contributed by atoms with E-state index in [1.165, 1.54) is 6.92 Å². The van der Waals surface area contributed by atoms with Crippen LogP contribution in [0.1, 0.15) is 24.5 Å². The van der Waals surface area contributed by atoms with Crippen LogP contribution in [0.25, 0.3) is 0 Å². The number of nitrogens with one attached hydrogen (secondary N) is 1. The molecule has 2 nitrogen and oxygen atoms in total. The highest BCUT2D eigenvalue weighted by molar-refractivity contribution is 5.49. The summed E-state index contributed by atoms with van der Waals surface area (Å²) in [5.41, 5.74) is -1.08. The molecule has 0 spiro atoms. The molecule has 0 aliphatic heterocycles. The third kappa shape index (κ3) is 2.35. The van der Waals surface area contributed by atoms with Crippen molar-refractivity contribution in [1.29, 1.82) is 0 Å². The molecule has 0 saturated carbocycles. The predicted molar refractivity (Wildman–Crippen MR) is 61.7 cm³/mol. The summed E-state index contributed by atoms with van der Waals surface area (Å²) in [4.78, 5) is 0. The van der Waals surface area contributed by atoms with Gasteiger partial charge in [-0.05, 0) is 26.0 Å². The van der Waals surface area contributed by atoms with E-state index in [0.29, 0.717) is 11.5 Å². The highest BCUT2D eigenvalue weighted by Crippen LogP contribution is 2.30. The summed E-state index contributed by atoms with van der Waals surface area (Å²) in [5, 5.41) is 2.23. The van der Waals surface area contributed by atoms with Gasteiger partial charge < -0.3 is 9.73 Å². The van der Waals surface area contributed by atoms with Crippen molar-refractivity contribution in [2.45, 2.75) is 19.9 Å². The van der Waals surface area contributed by atoms with Gasteiger partial charge in [0.05, 0.1) is 6.04 Å². The number of hydrogen-bond donors (Lipinski definition) is 1. The zero-order valence-electron chi connectivity index (χ0n) is 10.5. The van der Waals surface area contributed by atoms with E-state index in [-0.39, 0.29) is 0 Å². The van der Waals surface area contributed by atoms with E-state index in [2.05, 4.69) is 5.32 Å². The first-order valence-corrected chi connectivity index (χ1v) is 5.67. The molecule has 1 heterocycles. The molecular formula is C13H10F5NO. The van der Waals surface area contributed by atoms with E-state index in [4.69, 9.17) is 4.42 Å². The van der Waals surface area contributed by atoms with Gasteiger partial charge in [-0.15, -0.1) is 0 Å². The van der Waals surface area contributed by atoms with Gasteiger partial charge in [-0.25, -0.2) is 22.0 Å². The smallest absolute Gasteiger partial charge is 0.200 e. The van der Waals surface area contributed by atoms with Crippen molar-refractivity contribution in [2.24, 2.45) is 0 Å². The summed E-state index contributed by atoms with van der Waals surface area (Å²) < 4.78 is 71.1. The standard InChI is InChI=1S/C13H10F5NO/c1-5-3-4-7(20-5)6(2)19-13-11(17)9(15)8(14)10(16)12(13)18/h3-4,6,19H,1-2H3. The van der Waals surface area contributed by atoms with Crippen LogP contribution in [0.15, 0.2) is 16.5 Å². The van der Waals surface area contributed by atoms with Crippen LogP contribution in [0.3, 0.4) is 0 Å². The molecule has 1 aromatic carbocycles. The van der Waals surface area contributed by atoms with Gasteiger partial charge in [0.15, 0.2) is 23.3 Å². The molecule has 2 rings (SSSR count). The Balaban J connectivity index is 2.39. The van der Waals surface area contributed by atoms with Crippen LogP contribution in [0, 0.1) is 36.0 Å². The summed E-state index contributed by atoms with van der Waals surface area (Å²) >= 11 is 0. The Morgan fingerprint density at radius 1 is 0.900 bits per heavy atom. The van der Waals surface area contributed by atoms with Crippen molar-refractivity contribution in [3.63, 3.8) is 0 Å². The Labute approximate surface area is 111 Å². The lowest BCUT2D eigenvalue weighted by Gasteiger charge is -2.15. The topological polar surface area (TPSA) is 25.2 Å². The molecule has 1 unspecified atom stereocenters. The van der Waals surface area contributed by atoms with Crippen molar-refractivity contribution in [3.8, 4) is 0 Å². The average Bonchev–Trinajstić information content (AvgIpc) is 2.85. The molecular weight excluding hydrogens is 281 g/mol. The maximum Gasteiger partial charge on any atom is 0.200 e. The quantitative estimate of drug-likeness (QED) is 0.513. The predicted octanol–water partition coefficient (Wildman–Crippen LogP) is 4.46.